The normalized spacial score (nSPS) is 18.0. The van der Waals surface area contributed by atoms with Crippen LogP contribution in [-0.2, 0) is 21.7 Å². The molecule has 0 radical (unpaired) electrons. The Kier molecular flexibility index (Phi) is 4.70. The van der Waals surface area contributed by atoms with E-state index in [2.05, 4.69) is 10.4 Å². The van der Waals surface area contributed by atoms with Gasteiger partial charge in [0.2, 0.25) is 9.84 Å². The van der Waals surface area contributed by atoms with Gasteiger partial charge in [0.15, 0.2) is 0 Å². The molecule has 1 saturated heterocycles. The van der Waals surface area contributed by atoms with Gasteiger partial charge in [0.25, 0.3) is 5.91 Å². The smallest absolute Gasteiger partial charge is 0.341 e. The van der Waals surface area contributed by atoms with Crippen molar-refractivity contribution < 1.29 is 22.0 Å². The van der Waals surface area contributed by atoms with Gasteiger partial charge in [-0.1, -0.05) is 0 Å². The van der Waals surface area contributed by atoms with Gasteiger partial charge in [-0.2, -0.15) is 13.9 Å². The van der Waals surface area contributed by atoms with Crippen LogP contribution in [-0.4, -0.2) is 42.4 Å². The zero-order valence-corrected chi connectivity index (χ0v) is 15.0. The lowest BCUT2D eigenvalue weighted by atomic mass is 10.2. The summed E-state index contributed by atoms with van der Waals surface area (Å²) < 4.78 is 49.6. The van der Waals surface area contributed by atoms with E-state index in [1.54, 1.807) is 16.6 Å². The molecule has 1 N–H and O–H groups in total. The summed E-state index contributed by atoms with van der Waals surface area (Å²) in [5, 5.41) is 7.25. The van der Waals surface area contributed by atoms with Gasteiger partial charge in [-0.05, 0) is 37.6 Å². The number of alkyl halides is 2. The van der Waals surface area contributed by atoms with Crippen LogP contribution in [0.15, 0.2) is 35.2 Å². The van der Waals surface area contributed by atoms with E-state index < -0.39 is 26.5 Å². The van der Waals surface area contributed by atoms with Gasteiger partial charge in [-0.3, -0.25) is 14.4 Å². The molecule has 1 amide bonds. The van der Waals surface area contributed by atoms with E-state index >= 15 is 0 Å². The number of aromatic nitrogens is 2. The molecule has 0 saturated carbocycles. The second-order valence-corrected chi connectivity index (χ2v) is 7.99. The van der Waals surface area contributed by atoms with Gasteiger partial charge in [-0.15, -0.1) is 0 Å². The van der Waals surface area contributed by atoms with E-state index in [1.807, 2.05) is 13.0 Å². The number of carbonyl (C=O) groups is 1. The summed E-state index contributed by atoms with van der Waals surface area (Å²) in [5.74, 6) is -2.89. The summed E-state index contributed by atoms with van der Waals surface area (Å²) in [5.41, 5.74) is 1.29. The number of aryl methyl sites for hydroxylation is 2. The predicted molar refractivity (Wildman–Crippen MR) is 92.0 cm³/mol. The summed E-state index contributed by atoms with van der Waals surface area (Å²) in [6.07, 6.45) is 0.556. The highest BCUT2D eigenvalue weighted by molar-refractivity contribution is 7.91. The minimum absolute atomic E-state index is 0.128. The average molecular weight is 384 g/mol. The number of amides is 1. The molecule has 2 heterocycles. The van der Waals surface area contributed by atoms with Crippen LogP contribution in [0.1, 0.15) is 12.1 Å². The van der Waals surface area contributed by atoms with Gasteiger partial charge in [-0.25, -0.2) is 8.42 Å². The molecule has 0 spiro atoms. The lowest BCUT2D eigenvalue weighted by Gasteiger charge is -2.17. The van der Waals surface area contributed by atoms with E-state index in [-0.39, 0.29) is 5.91 Å². The minimum atomic E-state index is -4.62. The lowest BCUT2D eigenvalue weighted by Crippen LogP contribution is -2.34. The van der Waals surface area contributed by atoms with Gasteiger partial charge in [0.1, 0.15) is 11.9 Å². The molecule has 1 fully saturated rings. The van der Waals surface area contributed by atoms with Crippen LogP contribution in [0.3, 0.4) is 0 Å². The standard InChI is InChI=1S/C16H18F2N4O3S/c1-10-9-14(21(2)20-10)22-8-7-13(15(22)23)19-11-3-5-12(6-4-11)26(24,25)16(17)18/h3-6,9,13,16,19H,7-8H2,1-2H3. The first kappa shape index (κ1) is 18.3. The van der Waals surface area contributed by atoms with E-state index in [0.29, 0.717) is 24.5 Å². The highest BCUT2D eigenvalue weighted by Gasteiger charge is 2.34. The zero-order valence-electron chi connectivity index (χ0n) is 14.2. The molecule has 7 nitrogen and oxygen atoms in total. The van der Waals surface area contributed by atoms with Crippen LogP contribution >= 0.6 is 0 Å². The fraction of sp³-hybridized carbons (Fsp3) is 0.375. The second kappa shape index (κ2) is 6.67. The van der Waals surface area contributed by atoms with Crippen molar-refractivity contribution in [3.8, 4) is 0 Å². The molecule has 26 heavy (non-hydrogen) atoms. The van der Waals surface area contributed by atoms with Crippen LogP contribution < -0.4 is 10.2 Å². The van der Waals surface area contributed by atoms with Crippen molar-refractivity contribution in [1.82, 2.24) is 9.78 Å². The van der Waals surface area contributed by atoms with Crippen LogP contribution in [0.4, 0.5) is 20.3 Å². The lowest BCUT2D eigenvalue weighted by molar-refractivity contribution is -0.117. The fourth-order valence-corrected chi connectivity index (χ4v) is 3.66. The van der Waals surface area contributed by atoms with Crippen molar-refractivity contribution in [1.29, 1.82) is 0 Å². The average Bonchev–Trinajstić information content (AvgIpc) is 3.10. The Labute approximate surface area is 149 Å². The largest absolute Gasteiger partial charge is 0.374 e. The summed E-state index contributed by atoms with van der Waals surface area (Å²) in [6, 6.07) is 6.29. The summed E-state index contributed by atoms with van der Waals surface area (Å²) >= 11 is 0. The Hall–Kier alpha value is -2.49. The number of anilines is 2. The third-order valence-corrected chi connectivity index (χ3v) is 5.62. The maximum absolute atomic E-state index is 12.6. The van der Waals surface area contributed by atoms with Crippen molar-refractivity contribution in [3.05, 3.63) is 36.0 Å². The number of halogens is 2. The summed E-state index contributed by atoms with van der Waals surface area (Å²) in [7, 11) is -2.86. The predicted octanol–water partition coefficient (Wildman–Crippen LogP) is 1.94. The van der Waals surface area contributed by atoms with Crippen molar-refractivity contribution in [2.45, 2.75) is 30.0 Å². The first-order valence-electron chi connectivity index (χ1n) is 7.91. The molecule has 1 atom stereocenters. The van der Waals surface area contributed by atoms with E-state index in [9.17, 15) is 22.0 Å². The Morgan fingerprint density at radius 1 is 1.27 bits per heavy atom. The number of hydrogen-bond acceptors (Lipinski definition) is 5. The number of nitrogens with zero attached hydrogens (tertiary/aromatic N) is 3. The van der Waals surface area contributed by atoms with Crippen LogP contribution in [0.2, 0.25) is 0 Å². The Balaban J connectivity index is 1.72. The van der Waals surface area contributed by atoms with Gasteiger partial charge in [0, 0.05) is 25.3 Å². The Bertz CT molecular complexity index is 925. The zero-order chi connectivity index (χ0) is 19.1. The molecule has 0 bridgehead atoms. The van der Waals surface area contributed by atoms with E-state index in [1.165, 1.54) is 12.1 Å². The molecule has 140 valence electrons. The molecule has 3 rings (SSSR count). The quantitative estimate of drug-likeness (QED) is 0.852. The molecule has 1 aliphatic rings. The summed E-state index contributed by atoms with van der Waals surface area (Å²) in [4.78, 5) is 13.8. The number of benzene rings is 1. The molecule has 10 heteroatoms. The molecule has 1 aromatic carbocycles. The van der Waals surface area contributed by atoms with Crippen molar-refractivity contribution in [2.24, 2.45) is 7.05 Å². The second-order valence-electron chi connectivity index (χ2n) is 6.07. The number of nitrogens with one attached hydrogen (secondary N) is 1. The third-order valence-electron chi connectivity index (χ3n) is 4.22. The maximum atomic E-state index is 12.6. The third kappa shape index (κ3) is 3.28. The monoisotopic (exact) mass is 384 g/mol. The van der Waals surface area contributed by atoms with Gasteiger partial charge < -0.3 is 5.32 Å². The first-order valence-corrected chi connectivity index (χ1v) is 9.45. The van der Waals surface area contributed by atoms with Crippen LogP contribution in [0, 0.1) is 6.92 Å². The van der Waals surface area contributed by atoms with Crippen molar-refractivity contribution >= 4 is 27.2 Å². The van der Waals surface area contributed by atoms with Crippen molar-refractivity contribution in [3.63, 3.8) is 0 Å². The number of hydrogen-bond donors (Lipinski definition) is 1. The molecule has 1 aliphatic heterocycles. The molecule has 2 aromatic rings. The topological polar surface area (TPSA) is 84.3 Å². The molecule has 1 unspecified atom stereocenters. The number of sulfone groups is 1. The minimum Gasteiger partial charge on any atom is -0.374 e. The van der Waals surface area contributed by atoms with Gasteiger partial charge >= 0.3 is 5.76 Å². The summed E-state index contributed by atoms with van der Waals surface area (Å²) in [6.45, 7) is 2.36. The van der Waals surface area contributed by atoms with Gasteiger partial charge in [0.05, 0.1) is 10.6 Å². The Morgan fingerprint density at radius 2 is 1.92 bits per heavy atom. The first-order chi connectivity index (χ1) is 12.2. The molecular weight excluding hydrogens is 366 g/mol. The molecular formula is C16H18F2N4O3S. The highest BCUT2D eigenvalue weighted by atomic mass is 32.2. The SMILES string of the molecule is Cc1cc(N2CCC(Nc3ccc(S(=O)(=O)C(F)F)cc3)C2=O)n(C)n1. The maximum Gasteiger partial charge on any atom is 0.341 e. The Morgan fingerprint density at radius 3 is 2.46 bits per heavy atom. The molecule has 0 aliphatic carbocycles. The van der Waals surface area contributed by atoms with E-state index in [0.717, 1.165) is 17.8 Å². The van der Waals surface area contributed by atoms with Crippen LogP contribution in [0.25, 0.3) is 0 Å². The number of carbonyl (C=O) groups excluding carboxylic acids is 1. The van der Waals surface area contributed by atoms with Crippen LogP contribution in [0.5, 0.6) is 0 Å². The van der Waals surface area contributed by atoms with E-state index in [4.69, 9.17) is 0 Å². The fourth-order valence-electron chi connectivity index (χ4n) is 2.94. The highest BCUT2D eigenvalue weighted by Crippen LogP contribution is 2.25. The molecule has 1 aromatic heterocycles. The number of rotatable bonds is 5. The van der Waals surface area contributed by atoms with Crippen molar-refractivity contribution in [2.75, 3.05) is 16.8 Å².